The molecule has 3 aromatic rings. The van der Waals surface area contributed by atoms with Crippen molar-refractivity contribution < 1.29 is 17.9 Å². The van der Waals surface area contributed by atoms with E-state index in [-0.39, 0.29) is 21.5 Å². The summed E-state index contributed by atoms with van der Waals surface area (Å²) in [6.45, 7) is 2.21. The third kappa shape index (κ3) is 5.31. The molecule has 0 aliphatic heterocycles. The molecule has 0 saturated carbocycles. The number of benzene rings is 3. The van der Waals surface area contributed by atoms with Gasteiger partial charge in [-0.25, -0.2) is 8.42 Å². The predicted octanol–water partition coefficient (Wildman–Crippen LogP) is 4.39. The minimum Gasteiger partial charge on any atom is -0.497 e. The first-order valence-corrected chi connectivity index (χ1v) is 10.9. The number of hydrogen-bond donors (Lipinski definition) is 2. The van der Waals surface area contributed by atoms with Crippen molar-refractivity contribution in [3.8, 4) is 5.75 Å². The monoisotopic (exact) mass is 444 g/mol. The zero-order valence-corrected chi connectivity index (χ0v) is 18.0. The van der Waals surface area contributed by atoms with E-state index in [4.69, 9.17) is 16.3 Å². The van der Waals surface area contributed by atoms with E-state index in [0.717, 1.165) is 16.9 Å². The number of sulfonamides is 1. The highest BCUT2D eigenvalue weighted by molar-refractivity contribution is 7.92. The van der Waals surface area contributed by atoms with Crippen LogP contribution in [-0.4, -0.2) is 21.4 Å². The zero-order chi connectivity index (χ0) is 21.7. The van der Waals surface area contributed by atoms with Gasteiger partial charge in [-0.15, -0.1) is 0 Å². The fraction of sp³-hybridized carbons (Fsp3) is 0.136. The number of amides is 1. The molecule has 0 unspecified atom stereocenters. The molecule has 2 N–H and O–H groups in total. The molecule has 0 spiro atoms. The summed E-state index contributed by atoms with van der Waals surface area (Å²) in [5.74, 6) is 0.418. The highest BCUT2D eigenvalue weighted by atomic mass is 35.5. The number of nitrogens with one attached hydrogen (secondary N) is 2. The molecule has 0 radical (unpaired) electrons. The molecule has 0 fully saturated rings. The Kier molecular flexibility index (Phi) is 6.64. The number of ether oxygens (including phenoxy) is 1. The number of carbonyl (C=O) groups excluding carboxylic acids is 1. The van der Waals surface area contributed by atoms with Gasteiger partial charge in [0.05, 0.1) is 22.7 Å². The Morgan fingerprint density at radius 2 is 1.67 bits per heavy atom. The summed E-state index contributed by atoms with van der Waals surface area (Å²) in [4.78, 5) is 12.5. The van der Waals surface area contributed by atoms with Gasteiger partial charge in [0.25, 0.3) is 15.9 Å². The minimum absolute atomic E-state index is 0.128. The second-order valence-electron chi connectivity index (χ2n) is 6.64. The van der Waals surface area contributed by atoms with Crippen molar-refractivity contribution in [3.63, 3.8) is 0 Å². The normalized spacial score (nSPS) is 11.0. The largest absolute Gasteiger partial charge is 0.497 e. The maximum absolute atomic E-state index is 12.5. The molecule has 156 valence electrons. The van der Waals surface area contributed by atoms with Gasteiger partial charge in [0.15, 0.2) is 0 Å². The van der Waals surface area contributed by atoms with Gasteiger partial charge < -0.3 is 10.1 Å². The van der Waals surface area contributed by atoms with Gasteiger partial charge in [-0.1, -0.05) is 41.4 Å². The van der Waals surface area contributed by atoms with Crippen LogP contribution in [0.4, 0.5) is 5.69 Å². The van der Waals surface area contributed by atoms with E-state index in [0.29, 0.717) is 12.1 Å². The maximum atomic E-state index is 12.5. The average molecular weight is 445 g/mol. The van der Waals surface area contributed by atoms with E-state index in [1.54, 1.807) is 19.2 Å². The lowest BCUT2D eigenvalue weighted by molar-refractivity contribution is 0.0951. The second-order valence-corrected chi connectivity index (χ2v) is 8.73. The van der Waals surface area contributed by atoms with Gasteiger partial charge in [0.1, 0.15) is 5.75 Å². The molecule has 0 aliphatic rings. The molecular formula is C22H21ClN2O4S. The summed E-state index contributed by atoms with van der Waals surface area (Å²) in [5, 5.41) is 2.93. The first-order chi connectivity index (χ1) is 14.3. The van der Waals surface area contributed by atoms with E-state index in [1.165, 1.54) is 30.3 Å². The molecule has 0 aromatic heterocycles. The van der Waals surface area contributed by atoms with Gasteiger partial charge in [-0.2, -0.15) is 0 Å². The quantitative estimate of drug-likeness (QED) is 0.566. The molecule has 0 heterocycles. The van der Waals surface area contributed by atoms with Crippen molar-refractivity contribution in [1.29, 1.82) is 0 Å². The maximum Gasteiger partial charge on any atom is 0.261 e. The Balaban J connectivity index is 1.68. The lowest BCUT2D eigenvalue weighted by Crippen LogP contribution is -2.22. The van der Waals surface area contributed by atoms with Gasteiger partial charge >= 0.3 is 0 Å². The van der Waals surface area contributed by atoms with Crippen LogP contribution in [0.2, 0.25) is 5.02 Å². The van der Waals surface area contributed by atoms with E-state index in [2.05, 4.69) is 10.0 Å². The third-order valence-corrected chi connectivity index (χ3v) is 6.11. The molecule has 3 aromatic carbocycles. The van der Waals surface area contributed by atoms with Crippen LogP contribution in [0.5, 0.6) is 5.75 Å². The van der Waals surface area contributed by atoms with Crippen molar-refractivity contribution in [1.82, 2.24) is 5.32 Å². The second kappa shape index (κ2) is 9.19. The Bertz CT molecular complexity index is 1140. The number of carbonyl (C=O) groups is 1. The molecule has 8 heteroatoms. The molecule has 30 heavy (non-hydrogen) atoms. The number of halogens is 1. The fourth-order valence-corrected chi connectivity index (χ4v) is 4.05. The number of anilines is 1. The lowest BCUT2D eigenvalue weighted by Gasteiger charge is -2.11. The number of rotatable bonds is 7. The van der Waals surface area contributed by atoms with Crippen molar-refractivity contribution >= 4 is 33.2 Å². The summed E-state index contributed by atoms with van der Waals surface area (Å²) in [6, 6.07) is 18.2. The van der Waals surface area contributed by atoms with Crippen LogP contribution in [0.25, 0.3) is 0 Å². The van der Waals surface area contributed by atoms with Crippen LogP contribution in [0, 0.1) is 6.92 Å². The topological polar surface area (TPSA) is 84.5 Å². The van der Waals surface area contributed by atoms with Gasteiger partial charge in [-0.3, -0.25) is 9.52 Å². The molecule has 3 rings (SSSR count). The molecule has 6 nitrogen and oxygen atoms in total. The first-order valence-electron chi connectivity index (χ1n) is 9.08. The van der Waals surface area contributed by atoms with Gasteiger partial charge in [0.2, 0.25) is 0 Å². The minimum atomic E-state index is -3.78. The fourth-order valence-electron chi connectivity index (χ4n) is 2.69. The Labute approximate surface area is 180 Å². The van der Waals surface area contributed by atoms with Crippen LogP contribution in [0.15, 0.2) is 71.6 Å². The molecule has 0 bridgehead atoms. The summed E-state index contributed by atoms with van der Waals surface area (Å²) in [5.41, 5.74) is 2.39. The zero-order valence-electron chi connectivity index (χ0n) is 16.5. The van der Waals surface area contributed by atoms with Crippen LogP contribution in [0.1, 0.15) is 21.5 Å². The lowest BCUT2D eigenvalue weighted by atomic mass is 10.1. The van der Waals surface area contributed by atoms with Gasteiger partial charge in [0, 0.05) is 12.1 Å². The third-order valence-electron chi connectivity index (χ3n) is 4.42. The van der Waals surface area contributed by atoms with Crippen LogP contribution >= 0.6 is 11.6 Å². The average Bonchev–Trinajstić information content (AvgIpc) is 2.74. The van der Waals surface area contributed by atoms with E-state index >= 15 is 0 Å². The Morgan fingerprint density at radius 3 is 2.27 bits per heavy atom. The van der Waals surface area contributed by atoms with E-state index < -0.39 is 10.0 Å². The molecule has 0 aliphatic carbocycles. The molecule has 0 saturated heterocycles. The Morgan fingerprint density at radius 1 is 1.00 bits per heavy atom. The number of hydrogen-bond acceptors (Lipinski definition) is 4. The highest BCUT2D eigenvalue weighted by Crippen LogP contribution is 2.26. The number of methoxy groups -OCH3 is 1. The van der Waals surface area contributed by atoms with Crippen molar-refractivity contribution in [2.45, 2.75) is 18.4 Å². The van der Waals surface area contributed by atoms with Crippen LogP contribution in [-0.2, 0) is 16.6 Å². The summed E-state index contributed by atoms with van der Waals surface area (Å²) < 4.78 is 32.6. The van der Waals surface area contributed by atoms with Gasteiger partial charge in [-0.05, 0) is 55.0 Å². The summed E-state index contributed by atoms with van der Waals surface area (Å²) in [7, 11) is -2.19. The first kappa shape index (κ1) is 21.7. The Hall–Kier alpha value is -3.03. The SMILES string of the molecule is COc1ccc(CNC(=O)c2ccc(NS(=O)(=O)c3ccc(C)cc3)c(Cl)c2)cc1. The highest BCUT2D eigenvalue weighted by Gasteiger charge is 2.17. The molecular weight excluding hydrogens is 424 g/mol. The summed E-state index contributed by atoms with van der Waals surface area (Å²) in [6.07, 6.45) is 0. The summed E-state index contributed by atoms with van der Waals surface area (Å²) >= 11 is 6.22. The predicted molar refractivity (Wildman–Crippen MR) is 118 cm³/mol. The standard InChI is InChI=1S/C22H21ClN2O4S/c1-15-3-10-19(11-4-15)30(27,28)25-21-12-7-17(13-20(21)23)22(26)24-14-16-5-8-18(29-2)9-6-16/h3-13,25H,14H2,1-2H3,(H,24,26). The van der Waals surface area contributed by atoms with E-state index in [1.807, 2.05) is 31.2 Å². The van der Waals surface area contributed by atoms with Crippen molar-refractivity contribution in [3.05, 3.63) is 88.4 Å². The van der Waals surface area contributed by atoms with Crippen molar-refractivity contribution in [2.75, 3.05) is 11.8 Å². The molecule has 0 atom stereocenters. The van der Waals surface area contributed by atoms with Crippen LogP contribution in [0.3, 0.4) is 0 Å². The van der Waals surface area contributed by atoms with E-state index in [9.17, 15) is 13.2 Å². The number of aryl methyl sites for hydroxylation is 1. The molecule has 1 amide bonds. The van der Waals surface area contributed by atoms with Crippen LogP contribution < -0.4 is 14.8 Å². The van der Waals surface area contributed by atoms with Crippen molar-refractivity contribution in [2.24, 2.45) is 0 Å². The smallest absolute Gasteiger partial charge is 0.261 e.